The molecule has 0 aromatic rings. The van der Waals surface area contributed by atoms with E-state index in [9.17, 15) is 9.59 Å². The van der Waals surface area contributed by atoms with Crippen LogP contribution in [-0.4, -0.2) is 61.5 Å². The van der Waals surface area contributed by atoms with Crippen molar-refractivity contribution in [1.82, 2.24) is 9.80 Å². The Hall–Kier alpha value is -2.06. The summed E-state index contributed by atoms with van der Waals surface area (Å²) >= 11 is 0. The third kappa shape index (κ3) is 11.5. The zero-order chi connectivity index (χ0) is 26.9. The molecule has 2 rings (SSSR count). The molecule has 5 nitrogen and oxygen atoms in total. The molecule has 0 aromatic heterocycles. The van der Waals surface area contributed by atoms with E-state index in [-0.39, 0.29) is 5.91 Å². The fraction of sp³-hybridized carbons (Fsp3) is 0.750. The van der Waals surface area contributed by atoms with E-state index in [1.165, 1.54) is 83.5 Å². The van der Waals surface area contributed by atoms with Gasteiger partial charge in [-0.25, -0.2) is 4.79 Å². The molecular formula is C32H52N2O3. The highest BCUT2D eigenvalue weighted by Gasteiger charge is 2.30. The molecule has 208 valence electrons. The lowest BCUT2D eigenvalue weighted by Gasteiger charge is -2.33. The summed E-state index contributed by atoms with van der Waals surface area (Å²) in [4.78, 5) is 30.3. The Balaban J connectivity index is 1.62. The van der Waals surface area contributed by atoms with Crippen LogP contribution in [0.15, 0.2) is 33.8 Å². The largest absolute Gasteiger partial charge is 0.462 e. The third-order valence-electron chi connectivity index (χ3n) is 7.63. The number of esters is 1. The number of hydrogen-bond acceptors (Lipinski definition) is 4. The van der Waals surface area contributed by atoms with E-state index in [1.807, 2.05) is 11.8 Å². The second-order valence-electron chi connectivity index (χ2n) is 10.9. The Morgan fingerprint density at radius 2 is 1.11 bits per heavy atom. The Morgan fingerprint density at radius 3 is 1.59 bits per heavy atom. The van der Waals surface area contributed by atoms with E-state index in [1.54, 1.807) is 6.92 Å². The monoisotopic (exact) mass is 512 g/mol. The van der Waals surface area contributed by atoms with Crippen molar-refractivity contribution in [1.29, 1.82) is 0 Å². The van der Waals surface area contributed by atoms with E-state index in [4.69, 9.17) is 4.74 Å². The zero-order valence-corrected chi connectivity index (χ0v) is 24.3. The van der Waals surface area contributed by atoms with Gasteiger partial charge in [0.25, 0.3) is 5.91 Å². The first-order chi connectivity index (χ1) is 18.0. The number of likely N-dealkylation sites (N-methyl/N-ethyl adjacent to an activating group) is 1. The fourth-order valence-corrected chi connectivity index (χ4v) is 5.09. The maximum absolute atomic E-state index is 13.3. The predicted molar refractivity (Wildman–Crippen MR) is 152 cm³/mol. The number of hydrogen-bond donors (Lipinski definition) is 0. The van der Waals surface area contributed by atoms with Crippen LogP contribution in [0.5, 0.6) is 0 Å². The highest BCUT2D eigenvalue weighted by molar-refractivity contribution is 6.08. The van der Waals surface area contributed by atoms with Crippen LogP contribution in [0.3, 0.4) is 0 Å². The molecule has 1 fully saturated rings. The molecular weight excluding hydrogens is 460 g/mol. The van der Waals surface area contributed by atoms with Gasteiger partial charge in [-0.2, -0.15) is 0 Å². The summed E-state index contributed by atoms with van der Waals surface area (Å²) in [6.07, 6.45) is 19.6. The summed E-state index contributed by atoms with van der Waals surface area (Å²) in [5.74, 6) is -0.508. The predicted octanol–water partition coefficient (Wildman–Crippen LogP) is 7.13. The number of piperazine rings is 1. The van der Waals surface area contributed by atoms with Gasteiger partial charge in [0.2, 0.25) is 0 Å². The Kier molecular flexibility index (Phi) is 15.4. The summed E-state index contributed by atoms with van der Waals surface area (Å²) in [6, 6.07) is 0. The van der Waals surface area contributed by atoms with Gasteiger partial charge in [0.15, 0.2) is 0 Å². The molecule has 1 heterocycles. The summed E-state index contributed by atoms with van der Waals surface area (Å²) in [5, 5.41) is 0. The topological polar surface area (TPSA) is 49.9 Å². The number of unbranched alkanes of at least 4 members (excludes halogenated alkanes) is 14. The zero-order valence-electron chi connectivity index (χ0n) is 24.3. The molecule has 0 unspecified atom stereocenters. The summed E-state index contributed by atoms with van der Waals surface area (Å²) < 4.78 is 5.62. The van der Waals surface area contributed by atoms with Crippen LogP contribution in [0.2, 0.25) is 0 Å². The molecule has 37 heavy (non-hydrogen) atoms. The van der Waals surface area contributed by atoms with Crippen molar-refractivity contribution in [2.24, 2.45) is 0 Å². The van der Waals surface area contributed by atoms with Crippen LogP contribution >= 0.6 is 0 Å². The lowest BCUT2D eigenvalue weighted by molar-refractivity contribution is -0.139. The van der Waals surface area contributed by atoms with Crippen molar-refractivity contribution in [2.75, 3.05) is 39.8 Å². The van der Waals surface area contributed by atoms with Gasteiger partial charge in [-0.05, 0) is 27.3 Å². The van der Waals surface area contributed by atoms with E-state index in [0.717, 1.165) is 25.9 Å². The number of nitrogens with zero attached hydrogens (tertiary/aromatic N) is 2. The maximum atomic E-state index is 13.3. The van der Waals surface area contributed by atoms with E-state index in [2.05, 4.69) is 30.3 Å². The first-order valence-electron chi connectivity index (χ1n) is 15.0. The minimum atomic E-state index is -0.409. The van der Waals surface area contributed by atoms with E-state index >= 15 is 0 Å². The quantitative estimate of drug-likeness (QED) is 0.111. The highest BCUT2D eigenvalue weighted by atomic mass is 16.5. The van der Waals surface area contributed by atoms with E-state index < -0.39 is 5.97 Å². The van der Waals surface area contributed by atoms with Gasteiger partial charge in [0, 0.05) is 37.3 Å². The van der Waals surface area contributed by atoms with Crippen LogP contribution in [0.4, 0.5) is 0 Å². The minimum absolute atomic E-state index is 0.0992. The van der Waals surface area contributed by atoms with Crippen LogP contribution in [0, 0.1) is 0 Å². The molecule has 0 atom stereocenters. The second kappa shape index (κ2) is 18.2. The fourth-order valence-electron chi connectivity index (χ4n) is 5.09. The average molecular weight is 513 g/mol. The average Bonchev–Trinajstić information content (AvgIpc) is 2.89. The SMILES string of the molecule is CCCCCCCCCCCCCCCCCOC(=O)C1=C(C(=O)N2CCN(C)CC2)C(C)=C=C=C1C. The van der Waals surface area contributed by atoms with Gasteiger partial charge < -0.3 is 14.5 Å². The van der Waals surface area contributed by atoms with Gasteiger partial charge in [-0.3, -0.25) is 4.79 Å². The van der Waals surface area contributed by atoms with E-state index in [0.29, 0.717) is 42.0 Å². The summed E-state index contributed by atoms with van der Waals surface area (Å²) in [7, 11) is 2.06. The molecule has 2 aliphatic rings. The molecule has 1 aliphatic heterocycles. The van der Waals surface area contributed by atoms with Crippen molar-refractivity contribution in [3.63, 3.8) is 0 Å². The molecule has 0 N–H and O–H groups in total. The normalized spacial score (nSPS) is 16.2. The molecule has 0 radical (unpaired) electrons. The summed E-state index contributed by atoms with van der Waals surface area (Å²) in [6.45, 7) is 9.31. The number of amides is 1. The number of carbonyl (C=O) groups is 2. The third-order valence-corrected chi connectivity index (χ3v) is 7.63. The van der Waals surface area contributed by atoms with Crippen LogP contribution in [-0.2, 0) is 14.3 Å². The standard InChI is InChI=1S/C32H52N2O3/c1-5-6-7-8-9-10-11-12-13-14-15-16-17-18-19-26-37-32(36)30-28(3)21-20-27(2)29(30)31(35)34-24-22-33(4)23-25-34/h5-19,22-26H2,1-4H3. The molecule has 0 aromatic carbocycles. The smallest absolute Gasteiger partial charge is 0.339 e. The highest BCUT2D eigenvalue weighted by Crippen LogP contribution is 2.26. The molecule has 5 heteroatoms. The lowest BCUT2D eigenvalue weighted by Crippen LogP contribution is -2.48. The second-order valence-corrected chi connectivity index (χ2v) is 10.9. The molecule has 0 spiro atoms. The Bertz CT molecular complexity index is 851. The van der Waals surface area contributed by atoms with Crippen LogP contribution < -0.4 is 0 Å². The molecule has 1 amide bonds. The number of rotatable bonds is 18. The van der Waals surface area contributed by atoms with Crippen molar-refractivity contribution in [2.45, 2.75) is 117 Å². The Morgan fingerprint density at radius 1 is 0.676 bits per heavy atom. The van der Waals surface area contributed by atoms with Crippen molar-refractivity contribution < 1.29 is 14.3 Å². The molecule has 1 aliphatic carbocycles. The number of ether oxygens (including phenoxy) is 1. The van der Waals surface area contributed by atoms with Gasteiger partial charge in [-0.1, -0.05) is 108 Å². The lowest BCUT2D eigenvalue weighted by atomic mass is 9.92. The summed E-state index contributed by atoms with van der Waals surface area (Å²) in [5.41, 5.74) is 8.12. The van der Waals surface area contributed by atoms with Crippen molar-refractivity contribution >= 4 is 11.9 Å². The Labute approximate surface area is 226 Å². The number of carbonyl (C=O) groups excluding carboxylic acids is 2. The van der Waals surface area contributed by atoms with Crippen molar-refractivity contribution in [3.8, 4) is 0 Å². The van der Waals surface area contributed by atoms with Gasteiger partial charge in [0.05, 0.1) is 17.8 Å². The minimum Gasteiger partial charge on any atom is -0.462 e. The van der Waals surface area contributed by atoms with Gasteiger partial charge >= 0.3 is 5.97 Å². The van der Waals surface area contributed by atoms with Gasteiger partial charge in [-0.15, -0.1) is 0 Å². The first-order valence-corrected chi connectivity index (χ1v) is 15.0. The van der Waals surface area contributed by atoms with Gasteiger partial charge in [0.1, 0.15) is 0 Å². The molecule has 1 saturated heterocycles. The maximum Gasteiger partial charge on any atom is 0.339 e. The van der Waals surface area contributed by atoms with Crippen LogP contribution in [0.25, 0.3) is 0 Å². The first kappa shape index (κ1) is 31.2. The molecule has 0 bridgehead atoms. The molecule has 0 saturated carbocycles. The van der Waals surface area contributed by atoms with Crippen LogP contribution in [0.1, 0.15) is 117 Å². The van der Waals surface area contributed by atoms with Crippen molar-refractivity contribution in [3.05, 3.63) is 33.8 Å².